The molecular formula is C28H25N3O3. The van der Waals surface area contributed by atoms with Gasteiger partial charge in [-0.1, -0.05) is 72.8 Å². The molecule has 0 aliphatic heterocycles. The van der Waals surface area contributed by atoms with Gasteiger partial charge in [-0.05, 0) is 17.7 Å². The molecule has 6 nitrogen and oxygen atoms in total. The smallest absolute Gasteiger partial charge is 0.221 e. The molecule has 34 heavy (non-hydrogen) atoms. The summed E-state index contributed by atoms with van der Waals surface area (Å²) >= 11 is 0. The van der Waals surface area contributed by atoms with Gasteiger partial charge in [-0.2, -0.15) is 0 Å². The molecule has 0 saturated heterocycles. The Bertz CT molecular complexity index is 1180. The zero-order chi connectivity index (χ0) is 23.8. The molecule has 1 amide bonds. The molecule has 0 bridgehead atoms. The Morgan fingerprint density at radius 1 is 0.765 bits per heavy atom. The fourth-order valence-corrected chi connectivity index (χ4v) is 3.98. The van der Waals surface area contributed by atoms with Crippen LogP contribution in [0.5, 0.6) is 0 Å². The van der Waals surface area contributed by atoms with Crippen LogP contribution in [0, 0.1) is 0 Å². The van der Waals surface area contributed by atoms with Gasteiger partial charge in [0.05, 0.1) is 6.04 Å². The van der Waals surface area contributed by atoms with E-state index in [1.54, 1.807) is 73.3 Å². The van der Waals surface area contributed by atoms with Crippen molar-refractivity contribution in [1.29, 1.82) is 0 Å². The van der Waals surface area contributed by atoms with Crippen molar-refractivity contribution in [1.82, 2.24) is 15.3 Å². The standard InChI is InChI=1S/C28H25N3O3/c32-25(21-9-3-1-4-10-21)15-16-26(33)31-27(22-11-5-2-6-12-22)28(34,23-13-7-17-29-19-23)24-14-8-18-30-20-24/h1-14,17-20,27,34H,15-16H2,(H,31,33)/t27-/m1/s1. The minimum absolute atomic E-state index is 0.00673. The number of pyridine rings is 2. The second-order valence-electron chi connectivity index (χ2n) is 7.95. The van der Waals surface area contributed by atoms with E-state index < -0.39 is 11.6 Å². The third-order valence-electron chi connectivity index (χ3n) is 5.73. The third-order valence-corrected chi connectivity index (χ3v) is 5.73. The van der Waals surface area contributed by atoms with Crippen LogP contribution < -0.4 is 5.32 Å². The number of carbonyl (C=O) groups excluding carboxylic acids is 2. The van der Waals surface area contributed by atoms with E-state index in [1.165, 1.54) is 0 Å². The summed E-state index contributed by atoms with van der Waals surface area (Å²) in [7, 11) is 0. The molecule has 6 heteroatoms. The first-order valence-electron chi connectivity index (χ1n) is 11.0. The highest BCUT2D eigenvalue weighted by Crippen LogP contribution is 2.40. The third kappa shape index (κ3) is 5.08. The van der Waals surface area contributed by atoms with Crippen LogP contribution in [0.15, 0.2) is 110 Å². The molecule has 2 heterocycles. The fourth-order valence-electron chi connectivity index (χ4n) is 3.98. The minimum Gasteiger partial charge on any atom is -0.378 e. The molecule has 2 N–H and O–H groups in total. The molecule has 2 aromatic heterocycles. The first-order valence-corrected chi connectivity index (χ1v) is 11.0. The van der Waals surface area contributed by atoms with Gasteiger partial charge in [-0.25, -0.2) is 0 Å². The average Bonchev–Trinajstić information content (AvgIpc) is 2.92. The van der Waals surface area contributed by atoms with Crippen molar-refractivity contribution in [2.45, 2.75) is 24.5 Å². The molecule has 0 aliphatic carbocycles. The summed E-state index contributed by atoms with van der Waals surface area (Å²) in [5.74, 6) is -0.453. The maximum Gasteiger partial charge on any atom is 0.221 e. The predicted molar refractivity (Wildman–Crippen MR) is 129 cm³/mol. The Balaban J connectivity index is 1.66. The molecule has 4 aromatic rings. The number of hydrogen-bond donors (Lipinski definition) is 2. The summed E-state index contributed by atoms with van der Waals surface area (Å²) in [6.07, 6.45) is 6.46. The molecule has 0 fully saturated rings. The van der Waals surface area contributed by atoms with Gasteiger partial charge < -0.3 is 10.4 Å². The van der Waals surface area contributed by atoms with E-state index >= 15 is 0 Å². The molecule has 0 saturated carbocycles. The van der Waals surface area contributed by atoms with Crippen molar-refractivity contribution >= 4 is 11.7 Å². The van der Waals surface area contributed by atoms with E-state index in [4.69, 9.17) is 0 Å². The van der Waals surface area contributed by atoms with Crippen molar-refractivity contribution in [3.8, 4) is 0 Å². The summed E-state index contributed by atoms with van der Waals surface area (Å²) in [5, 5.41) is 15.2. The van der Waals surface area contributed by atoms with E-state index in [1.807, 2.05) is 36.4 Å². The van der Waals surface area contributed by atoms with Gasteiger partial charge in [0.15, 0.2) is 5.78 Å². The number of aliphatic hydroxyl groups is 1. The first kappa shape index (κ1) is 23.0. The van der Waals surface area contributed by atoms with Gasteiger partial charge in [0.1, 0.15) is 5.60 Å². The molecule has 0 radical (unpaired) electrons. The van der Waals surface area contributed by atoms with Crippen LogP contribution in [0.3, 0.4) is 0 Å². The lowest BCUT2D eigenvalue weighted by Gasteiger charge is -2.37. The molecule has 0 aliphatic rings. The number of rotatable bonds is 9. The van der Waals surface area contributed by atoms with Crippen molar-refractivity contribution in [3.63, 3.8) is 0 Å². The van der Waals surface area contributed by atoms with Crippen LogP contribution in [-0.2, 0) is 10.4 Å². The number of nitrogens with zero attached hydrogens (tertiary/aromatic N) is 2. The average molecular weight is 452 g/mol. The van der Waals surface area contributed by atoms with E-state index in [0.29, 0.717) is 22.3 Å². The van der Waals surface area contributed by atoms with Gasteiger partial charge in [0.2, 0.25) is 5.91 Å². The number of hydrogen-bond acceptors (Lipinski definition) is 5. The van der Waals surface area contributed by atoms with Crippen LogP contribution >= 0.6 is 0 Å². The molecule has 0 spiro atoms. The highest BCUT2D eigenvalue weighted by atomic mass is 16.3. The Labute approximate surface area is 198 Å². The van der Waals surface area contributed by atoms with Crippen molar-refractivity contribution in [3.05, 3.63) is 132 Å². The first-order chi connectivity index (χ1) is 16.6. The monoisotopic (exact) mass is 451 g/mol. The van der Waals surface area contributed by atoms with Crippen LogP contribution in [0.25, 0.3) is 0 Å². The number of amides is 1. The number of ketones is 1. The zero-order valence-electron chi connectivity index (χ0n) is 18.5. The van der Waals surface area contributed by atoms with Crippen LogP contribution in [0.2, 0.25) is 0 Å². The van der Waals surface area contributed by atoms with Crippen LogP contribution in [-0.4, -0.2) is 26.8 Å². The molecule has 0 unspecified atom stereocenters. The highest BCUT2D eigenvalue weighted by molar-refractivity contribution is 5.97. The van der Waals surface area contributed by atoms with Gasteiger partial charge in [-0.3, -0.25) is 19.6 Å². The number of carbonyl (C=O) groups is 2. The number of nitrogens with one attached hydrogen (secondary N) is 1. The number of Topliss-reactive ketones (excluding diaryl/α,β-unsaturated/α-hetero) is 1. The molecule has 170 valence electrons. The van der Waals surface area contributed by atoms with Gasteiger partial charge in [0, 0.05) is 54.3 Å². The van der Waals surface area contributed by atoms with E-state index in [9.17, 15) is 14.7 Å². The highest BCUT2D eigenvalue weighted by Gasteiger charge is 2.42. The molecular weight excluding hydrogens is 426 g/mol. The van der Waals surface area contributed by atoms with Crippen LogP contribution in [0.4, 0.5) is 0 Å². The fraction of sp³-hybridized carbons (Fsp3) is 0.143. The SMILES string of the molecule is O=C(CCC(=O)c1ccccc1)N[C@H](c1ccccc1)C(O)(c1cccnc1)c1cccnc1. The summed E-state index contributed by atoms with van der Waals surface area (Å²) in [5.41, 5.74) is 0.649. The summed E-state index contributed by atoms with van der Waals surface area (Å²) < 4.78 is 0. The Kier molecular flexibility index (Phi) is 7.20. The lowest BCUT2D eigenvalue weighted by Crippen LogP contribution is -2.45. The predicted octanol–water partition coefficient (Wildman–Crippen LogP) is 4.23. The molecule has 4 rings (SSSR count). The Hall–Kier alpha value is -4.16. The number of benzene rings is 2. The normalized spacial score (nSPS) is 12.0. The summed E-state index contributed by atoms with van der Waals surface area (Å²) in [6, 6.07) is 24.3. The van der Waals surface area contributed by atoms with E-state index in [2.05, 4.69) is 15.3 Å². The topological polar surface area (TPSA) is 92.2 Å². The zero-order valence-corrected chi connectivity index (χ0v) is 18.5. The van der Waals surface area contributed by atoms with E-state index in [0.717, 1.165) is 0 Å². The second kappa shape index (κ2) is 10.6. The van der Waals surface area contributed by atoms with Gasteiger partial charge in [-0.15, -0.1) is 0 Å². The second-order valence-corrected chi connectivity index (χ2v) is 7.95. The quantitative estimate of drug-likeness (QED) is 0.372. The van der Waals surface area contributed by atoms with Crippen molar-refractivity contribution in [2.24, 2.45) is 0 Å². The maximum absolute atomic E-state index is 13.1. The van der Waals surface area contributed by atoms with Crippen molar-refractivity contribution in [2.75, 3.05) is 0 Å². The van der Waals surface area contributed by atoms with Crippen molar-refractivity contribution < 1.29 is 14.7 Å². The maximum atomic E-state index is 13.1. The molecule has 2 aromatic carbocycles. The van der Waals surface area contributed by atoms with Crippen LogP contribution in [0.1, 0.15) is 45.9 Å². The van der Waals surface area contributed by atoms with Gasteiger partial charge in [0.25, 0.3) is 0 Å². The summed E-state index contributed by atoms with van der Waals surface area (Å²) in [6.45, 7) is 0. The number of aromatic nitrogens is 2. The Morgan fingerprint density at radius 2 is 1.32 bits per heavy atom. The van der Waals surface area contributed by atoms with Gasteiger partial charge >= 0.3 is 0 Å². The Morgan fingerprint density at radius 3 is 1.85 bits per heavy atom. The largest absolute Gasteiger partial charge is 0.378 e. The lowest BCUT2D eigenvalue weighted by molar-refractivity contribution is -0.123. The molecule has 1 atom stereocenters. The van der Waals surface area contributed by atoms with E-state index in [-0.39, 0.29) is 24.5 Å². The lowest BCUT2D eigenvalue weighted by atomic mass is 9.78. The minimum atomic E-state index is -1.65. The summed E-state index contributed by atoms with van der Waals surface area (Å²) in [4.78, 5) is 33.9.